The molecule has 0 atom stereocenters. The minimum atomic E-state index is -0.549. The number of nitro groups is 1. The minimum Gasteiger partial charge on any atom is -0.258 e. The van der Waals surface area contributed by atoms with Crippen molar-refractivity contribution in [2.45, 2.75) is 26.7 Å². The topological polar surface area (TPSA) is 90.7 Å². The minimum absolute atomic E-state index is 0.0207. The van der Waals surface area contributed by atoms with Crippen LogP contribution in [-0.4, -0.2) is 4.92 Å². The molecule has 1 rings (SSSR count). The number of nitriles is 2. The van der Waals surface area contributed by atoms with Gasteiger partial charge in [0.15, 0.2) is 0 Å². The number of benzene rings is 1. The van der Waals surface area contributed by atoms with Crippen molar-refractivity contribution in [3.05, 3.63) is 38.9 Å². The third-order valence-corrected chi connectivity index (χ3v) is 2.52. The smallest absolute Gasteiger partial charge is 0.258 e. The third kappa shape index (κ3) is 3.05. The lowest BCUT2D eigenvalue weighted by atomic mass is 9.94. The Kier molecular flexibility index (Phi) is 4.39. The summed E-state index contributed by atoms with van der Waals surface area (Å²) in [5.41, 5.74) is 1.30. The molecule has 0 aliphatic carbocycles. The van der Waals surface area contributed by atoms with Gasteiger partial charge in [0.25, 0.3) is 5.69 Å². The van der Waals surface area contributed by atoms with E-state index in [9.17, 15) is 10.1 Å². The zero-order chi connectivity index (χ0) is 13.7. The fourth-order valence-corrected chi connectivity index (χ4v) is 1.79. The predicted octanol–water partition coefficient (Wildman–Crippen LogP) is 2.73. The summed E-state index contributed by atoms with van der Waals surface area (Å²) in [6, 6.07) is 6.77. The second-order valence-corrected chi connectivity index (χ2v) is 4.44. The summed E-state index contributed by atoms with van der Waals surface area (Å²) >= 11 is 0. The molecular formula is C13H13N3O2. The zero-order valence-corrected chi connectivity index (χ0v) is 10.3. The highest BCUT2D eigenvalue weighted by Gasteiger charge is 2.18. The number of nitro benzene ring substituents is 1. The molecule has 0 heterocycles. The Balaban J connectivity index is 3.38. The molecule has 0 N–H and O–H groups in total. The van der Waals surface area contributed by atoms with Crippen LogP contribution in [0.2, 0.25) is 0 Å². The first kappa shape index (κ1) is 13.7. The molecule has 0 radical (unpaired) electrons. The second kappa shape index (κ2) is 5.79. The van der Waals surface area contributed by atoms with E-state index in [2.05, 4.69) is 0 Å². The van der Waals surface area contributed by atoms with Crippen molar-refractivity contribution in [1.82, 2.24) is 0 Å². The van der Waals surface area contributed by atoms with Gasteiger partial charge in [-0.05, 0) is 24.0 Å². The van der Waals surface area contributed by atoms with Gasteiger partial charge in [-0.2, -0.15) is 10.5 Å². The van der Waals surface area contributed by atoms with Crippen LogP contribution in [0.15, 0.2) is 12.1 Å². The third-order valence-electron chi connectivity index (χ3n) is 2.52. The van der Waals surface area contributed by atoms with Crippen molar-refractivity contribution < 1.29 is 4.92 Å². The molecule has 0 saturated carbocycles. The molecule has 0 aliphatic heterocycles. The van der Waals surface area contributed by atoms with Crippen LogP contribution in [0.5, 0.6) is 0 Å². The summed E-state index contributed by atoms with van der Waals surface area (Å²) < 4.78 is 0. The van der Waals surface area contributed by atoms with Crippen molar-refractivity contribution in [3.63, 3.8) is 0 Å². The van der Waals surface area contributed by atoms with Crippen LogP contribution in [-0.2, 0) is 12.8 Å². The maximum absolute atomic E-state index is 10.9. The largest absolute Gasteiger partial charge is 0.274 e. The van der Waals surface area contributed by atoms with Crippen molar-refractivity contribution in [1.29, 1.82) is 10.5 Å². The maximum Gasteiger partial charge on any atom is 0.274 e. The summed E-state index contributed by atoms with van der Waals surface area (Å²) in [5.74, 6) is 0.341. The van der Waals surface area contributed by atoms with E-state index in [1.807, 2.05) is 26.0 Å². The van der Waals surface area contributed by atoms with Crippen molar-refractivity contribution in [2.24, 2.45) is 5.92 Å². The molecule has 92 valence electrons. The maximum atomic E-state index is 10.9. The van der Waals surface area contributed by atoms with Crippen LogP contribution >= 0.6 is 0 Å². The summed E-state index contributed by atoms with van der Waals surface area (Å²) in [6.45, 7) is 4.01. The van der Waals surface area contributed by atoms with Gasteiger partial charge in [-0.15, -0.1) is 0 Å². The lowest BCUT2D eigenvalue weighted by Crippen LogP contribution is -2.02. The van der Waals surface area contributed by atoms with Crippen LogP contribution in [0.3, 0.4) is 0 Å². The highest BCUT2D eigenvalue weighted by molar-refractivity contribution is 5.52. The van der Waals surface area contributed by atoms with Crippen LogP contribution in [0.1, 0.15) is 30.5 Å². The Hall–Kier alpha value is -2.40. The Morgan fingerprint density at radius 2 is 2.00 bits per heavy atom. The molecule has 5 heteroatoms. The SMILES string of the molecule is CC(C)Cc1cc(CC#N)c([N+](=O)[O-])cc1C#N. The lowest BCUT2D eigenvalue weighted by Gasteiger charge is -2.09. The molecule has 0 amide bonds. The number of nitrogens with zero attached hydrogens (tertiary/aromatic N) is 3. The van der Waals surface area contributed by atoms with Crippen LogP contribution in [0.4, 0.5) is 5.69 Å². The Morgan fingerprint density at radius 1 is 1.33 bits per heavy atom. The number of hydrogen-bond acceptors (Lipinski definition) is 4. The molecule has 0 bridgehead atoms. The summed E-state index contributed by atoms with van der Waals surface area (Å²) in [7, 11) is 0. The average Bonchev–Trinajstić information content (AvgIpc) is 2.28. The van der Waals surface area contributed by atoms with Gasteiger partial charge in [0.05, 0.1) is 29.0 Å². The van der Waals surface area contributed by atoms with E-state index >= 15 is 0 Å². The van der Waals surface area contributed by atoms with E-state index in [-0.39, 0.29) is 12.1 Å². The van der Waals surface area contributed by atoms with Crippen LogP contribution < -0.4 is 0 Å². The van der Waals surface area contributed by atoms with Gasteiger partial charge in [-0.1, -0.05) is 13.8 Å². The van der Waals surface area contributed by atoms with E-state index in [0.29, 0.717) is 23.5 Å². The molecule has 1 aromatic carbocycles. The van der Waals surface area contributed by atoms with Gasteiger partial charge in [0.1, 0.15) is 0 Å². The first-order valence-electron chi connectivity index (χ1n) is 5.56. The second-order valence-electron chi connectivity index (χ2n) is 4.44. The summed E-state index contributed by atoms with van der Waals surface area (Å²) in [6.07, 6.45) is 0.645. The number of rotatable bonds is 4. The Morgan fingerprint density at radius 3 is 2.44 bits per heavy atom. The van der Waals surface area contributed by atoms with Crippen molar-refractivity contribution in [3.8, 4) is 12.1 Å². The van der Waals surface area contributed by atoms with Crippen LogP contribution in [0, 0.1) is 38.7 Å². The van der Waals surface area contributed by atoms with E-state index in [4.69, 9.17) is 10.5 Å². The molecule has 1 aromatic rings. The Labute approximate surface area is 105 Å². The number of hydrogen-bond donors (Lipinski definition) is 0. The van der Waals surface area contributed by atoms with Gasteiger partial charge in [0, 0.05) is 11.6 Å². The molecule has 0 aromatic heterocycles. The normalized spacial score (nSPS) is 9.83. The molecule has 0 saturated heterocycles. The van der Waals surface area contributed by atoms with Gasteiger partial charge in [-0.25, -0.2) is 0 Å². The van der Waals surface area contributed by atoms with Gasteiger partial charge in [0.2, 0.25) is 0 Å². The van der Waals surface area contributed by atoms with Gasteiger partial charge in [-0.3, -0.25) is 10.1 Å². The molecule has 0 spiro atoms. The molecule has 18 heavy (non-hydrogen) atoms. The van der Waals surface area contributed by atoms with Gasteiger partial charge >= 0.3 is 0 Å². The van der Waals surface area contributed by atoms with Crippen LogP contribution in [0.25, 0.3) is 0 Å². The van der Waals surface area contributed by atoms with E-state index < -0.39 is 4.92 Å². The molecular weight excluding hydrogens is 230 g/mol. The van der Waals surface area contributed by atoms with E-state index in [1.54, 1.807) is 6.07 Å². The quantitative estimate of drug-likeness (QED) is 0.600. The van der Waals surface area contributed by atoms with E-state index in [0.717, 1.165) is 5.56 Å². The van der Waals surface area contributed by atoms with Crippen molar-refractivity contribution in [2.75, 3.05) is 0 Å². The highest BCUT2D eigenvalue weighted by atomic mass is 16.6. The summed E-state index contributed by atoms with van der Waals surface area (Å²) in [4.78, 5) is 10.3. The monoisotopic (exact) mass is 243 g/mol. The summed E-state index contributed by atoms with van der Waals surface area (Å²) in [5, 5.41) is 28.6. The Bertz CT molecular complexity index is 551. The standard InChI is InChI=1S/C13H13N3O2/c1-9(2)5-11-6-10(3-4-14)13(16(17)18)7-12(11)8-15/h6-7,9H,3,5H2,1-2H3. The first-order chi connectivity index (χ1) is 8.49. The average molecular weight is 243 g/mol. The fourth-order valence-electron chi connectivity index (χ4n) is 1.79. The van der Waals surface area contributed by atoms with Gasteiger partial charge < -0.3 is 0 Å². The molecule has 0 aliphatic rings. The zero-order valence-electron chi connectivity index (χ0n) is 10.3. The predicted molar refractivity (Wildman–Crippen MR) is 65.7 cm³/mol. The molecule has 0 fully saturated rings. The lowest BCUT2D eigenvalue weighted by molar-refractivity contribution is -0.385. The van der Waals surface area contributed by atoms with E-state index in [1.165, 1.54) is 6.07 Å². The highest BCUT2D eigenvalue weighted by Crippen LogP contribution is 2.25. The molecule has 0 unspecified atom stereocenters. The fraction of sp³-hybridized carbons (Fsp3) is 0.385. The van der Waals surface area contributed by atoms with Crippen molar-refractivity contribution >= 4 is 5.69 Å². The molecule has 5 nitrogen and oxygen atoms in total. The first-order valence-corrected chi connectivity index (χ1v) is 5.56.